The van der Waals surface area contributed by atoms with Gasteiger partial charge in [0.2, 0.25) is 5.91 Å². The summed E-state index contributed by atoms with van der Waals surface area (Å²) >= 11 is 0. The molecule has 98 valence electrons. The lowest BCUT2D eigenvalue weighted by Gasteiger charge is -2.21. The molecule has 4 heteroatoms. The topological polar surface area (TPSA) is 32.3 Å². The van der Waals surface area contributed by atoms with E-state index in [2.05, 4.69) is 5.32 Å². The molecule has 1 unspecified atom stereocenters. The number of carbonyl (C=O) groups excluding carboxylic acids is 1. The van der Waals surface area contributed by atoms with Gasteiger partial charge in [0, 0.05) is 13.6 Å². The predicted molar refractivity (Wildman–Crippen MR) is 68.8 cm³/mol. The molecule has 0 aliphatic carbocycles. The summed E-state index contributed by atoms with van der Waals surface area (Å²) in [6, 6.07) is 6.43. The molecule has 0 saturated carbocycles. The van der Waals surface area contributed by atoms with Crippen molar-refractivity contribution < 1.29 is 9.18 Å². The minimum Gasteiger partial charge on any atom is -0.344 e. The monoisotopic (exact) mass is 250 g/mol. The average molecular weight is 250 g/mol. The highest BCUT2D eigenvalue weighted by Crippen LogP contribution is 2.09. The molecule has 2 rings (SSSR count). The van der Waals surface area contributed by atoms with Gasteiger partial charge in [0.05, 0.1) is 6.04 Å². The van der Waals surface area contributed by atoms with Crippen LogP contribution in [0.2, 0.25) is 0 Å². The smallest absolute Gasteiger partial charge is 0.239 e. The van der Waals surface area contributed by atoms with Crippen LogP contribution in [0.25, 0.3) is 0 Å². The van der Waals surface area contributed by atoms with E-state index < -0.39 is 0 Å². The van der Waals surface area contributed by atoms with Crippen molar-refractivity contribution in [3.8, 4) is 0 Å². The Labute approximate surface area is 107 Å². The predicted octanol–water partition coefficient (Wildman–Crippen LogP) is 1.58. The van der Waals surface area contributed by atoms with E-state index >= 15 is 0 Å². The number of likely N-dealkylation sites (N-methyl/N-ethyl adjacent to an activating group) is 1. The summed E-state index contributed by atoms with van der Waals surface area (Å²) < 4.78 is 12.7. The van der Waals surface area contributed by atoms with Crippen molar-refractivity contribution in [2.24, 2.45) is 0 Å². The van der Waals surface area contributed by atoms with Crippen LogP contribution in [0.3, 0.4) is 0 Å². The Bertz CT molecular complexity index is 399. The number of nitrogens with one attached hydrogen (secondary N) is 1. The summed E-state index contributed by atoms with van der Waals surface area (Å²) in [5, 5.41) is 3.20. The fourth-order valence-corrected chi connectivity index (χ4v) is 2.22. The molecule has 0 aromatic heterocycles. The Balaban J connectivity index is 1.82. The van der Waals surface area contributed by atoms with Gasteiger partial charge in [0.25, 0.3) is 0 Å². The maximum absolute atomic E-state index is 12.7. The molecule has 1 aromatic rings. The zero-order valence-electron chi connectivity index (χ0n) is 10.7. The Morgan fingerprint density at radius 3 is 2.78 bits per heavy atom. The zero-order chi connectivity index (χ0) is 13.0. The Kier molecular flexibility index (Phi) is 4.31. The Morgan fingerprint density at radius 2 is 2.17 bits per heavy atom. The number of carbonyl (C=O) groups is 1. The van der Waals surface area contributed by atoms with Crippen molar-refractivity contribution in [1.29, 1.82) is 0 Å². The fourth-order valence-electron chi connectivity index (χ4n) is 2.22. The maximum atomic E-state index is 12.7. The number of hydrogen-bond donors (Lipinski definition) is 1. The van der Waals surface area contributed by atoms with Crippen molar-refractivity contribution in [3.05, 3.63) is 35.6 Å². The van der Waals surface area contributed by atoms with Gasteiger partial charge in [-0.3, -0.25) is 4.79 Å². The summed E-state index contributed by atoms with van der Waals surface area (Å²) in [6.07, 6.45) is 2.76. The van der Waals surface area contributed by atoms with E-state index in [4.69, 9.17) is 0 Å². The first-order valence-corrected chi connectivity index (χ1v) is 6.39. The van der Waals surface area contributed by atoms with Crippen LogP contribution in [-0.2, 0) is 11.2 Å². The molecule has 0 radical (unpaired) electrons. The van der Waals surface area contributed by atoms with E-state index in [1.54, 1.807) is 17.0 Å². The van der Waals surface area contributed by atoms with E-state index in [1.807, 2.05) is 7.05 Å². The number of halogens is 1. The number of benzene rings is 1. The number of amides is 1. The average Bonchev–Trinajstić information content (AvgIpc) is 2.90. The lowest BCUT2D eigenvalue weighted by atomic mass is 10.1. The summed E-state index contributed by atoms with van der Waals surface area (Å²) in [4.78, 5) is 13.8. The molecule has 18 heavy (non-hydrogen) atoms. The summed E-state index contributed by atoms with van der Waals surface area (Å²) in [7, 11) is 1.83. The van der Waals surface area contributed by atoms with Gasteiger partial charge in [-0.2, -0.15) is 0 Å². The third-order valence-electron chi connectivity index (χ3n) is 3.38. The van der Waals surface area contributed by atoms with Crippen molar-refractivity contribution >= 4 is 5.91 Å². The van der Waals surface area contributed by atoms with Crippen molar-refractivity contribution in [1.82, 2.24) is 10.2 Å². The highest BCUT2D eigenvalue weighted by atomic mass is 19.1. The van der Waals surface area contributed by atoms with E-state index in [1.165, 1.54) is 12.1 Å². The van der Waals surface area contributed by atoms with Crippen LogP contribution in [0.4, 0.5) is 4.39 Å². The first-order chi connectivity index (χ1) is 8.66. The molecule has 1 heterocycles. The van der Waals surface area contributed by atoms with Crippen molar-refractivity contribution in [2.45, 2.75) is 25.3 Å². The van der Waals surface area contributed by atoms with Crippen molar-refractivity contribution in [2.75, 3.05) is 20.1 Å². The Morgan fingerprint density at radius 1 is 1.44 bits per heavy atom. The van der Waals surface area contributed by atoms with Gasteiger partial charge in [-0.15, -0.1) is 0 Å². The molecule has 0 spiro atoms. The zero-order valence-corrected chi connectivity index (χ0v) is 10.7. The first-order valence-electron chi connectivity index (χ1n) is 6.39. The van der Waals surface area contributed by atoms with Crippen LogP contribution in [0.5, 0.6) is 0 Å². The molecule has 1 aliphatic heterocycles. The van der Waals surface area contributed by atoms with Crippen LogP contribution >= 0.6 is 0 Å². The molecule has 1 amide bonds. The third kappa shape index (κ3) is 3.29. The number of nitrogens with zero attached hydrogens (tertiary/aromatic N) is 1. The minimum atomic E-state index is -0.224. The molecule has 1 fully saturated rings. The minimum absolute atomic E-state index is 0.0109. The van der Waals surface area contributed by atoms with E-state index in [-0.39, 0.29) is 17.8 Å². The van der Waals surface area contributed by atoms with Crippen LogP contribution in [0.15, 0.2) is 24.3 Å². The normalized spacial score (nSPS) is 18.9. The van der Waals surface area contributed by atoms with Crippen LogP contribution < -0.4 is 5.32 Å². The summed E-state index contributed by atoms with van der Waals surface area (Å²) in [5.74, 6) is -0.0621. The van der Waals surface area contributed by atoms with Crippen LogP contribution in [0.1, 0.15) is 18.4 Å². The largest absolute Gasteiger partial charge is 0.344 e. The number of hydrogen-bond acceptors (Lipinski definition) is 2. The first kappa shape index (κ1) is 13.0. The van der Waals surface area contributed by atoms with Crippen molar-refractivity contribution in [3.63, 3.8) is 0 Å². The second-order valence-corrected chi connectivity index (χ2v) is 4.79. The quantitative estimate of drug-likeness (QED) is 0.880. The standard InChI is InChI=1S/C14H19FN2O/c1-17(14(18)13-3-2-9-16-13)10-8-11-4-6-12(15)7-5-11/h4-7,13,16H,2-3,8-10H2,1H3. The summed E-state index contributed by atoms with van der Waals surface area (Å²) in [5.41, 5.74) is 1.05. The lowest BCUT2D eigenvalue weighted by molar-refractivity contribution is -0.131. The van der Waals surface area contributed by atoms with Gasteiger partial charge in [-0.25, -0.2) is 4.39 Å². The molecular formula is C14H19FN2O. The molecule has 3 nitrogen and oxygen atoms in total. The van der Waals surface area contributed by atoms with E-state index in [9.17, 15) is 9.18 Å². The second-order valence-electron chi connectivity index (χ2n) is 4.79. The molecule has 1 saturated heterocycles. The van der Waals surface area contributed by atoms with E-state index in [0.717, 1.165) is 31.4 Å². The third-order valence-corrected chi connectivity index (χ3v) is 3.38. The van der Waals surface area contributed by atoms with Gasteiger partial charge >= 0.3 is 0 Å². The molecule has 1 aliphatic rings. The summed E-state index contributed by atoms with van der Waals surface area (Å²) in [6.45, 7) is 1.60. The van der Waals surface area contributed by atoms with Crippen LogP contribution in [-0.4, -0.2) is 37.0 Å². The Hall–Kier alpha value is -1.42. The molecule has 1 N–H and O–H groups in total. The van der Waals surface area contributed by atoms with Crippen LogP contribution in [0, 0.1) is 5.82 Å². The lowest BCUT2D eigenvalue weighted by Crippen LogP contribution is -2.42. The highest BCUT2D eigenvalue weighted by Gasteiger charge is 2.24. The molecular weight excluding hydrogens is 231 g/mol. The second kappa shape index (κ2) is 5.96. The van der Waals surface area contributed by atoms with E-state index in [0.29, 0.717) is 6.54 Å². The number of rotatable bonds is 4. The van der Waals surface area contributed by atoms with Gasteiger partial charge in [-0.1, -0.05) is 12.1 Å². The van der Waals surface area contributed by atoms with Gasteiger partial charge in [0.1, 0.15) is 5.82 Å². The van der Waals surface area contributed by atoms with Gasteiger partial charge in [-0.05, 0) is 43.5 Å². The highest BCUT2D eigenvalue weighted by molar-refractivity contribution is 5.81. The molecule has 1 aromatic carbocycles. The fraction of sp³-hybridized carbons (Fsp3) is 0.500. The molecule has 0 bridgehead atoms. The molecule has 1 atom stereocenters. The maximum Gasteiger partial charge on any atom is 0.239 e. The van der Waals surface area contributed by atoms with Gasteiger partial charge < -0.3 is 10.2 Å². The van der Waals surface area contributed by atoms with Gasteiger partial charge in [0.15, 0.2) is 0 Å². The SMILES string of the molecule is CN(CCc1ccc(F)cc1)C(=O)C1CCCN1.